The fourth-order valence-corrected chi connectivity index (χ4v) is 5.59. The van der Waals surface area contributed by atoms with Crippen LogP contribution in [0, 0.1) is 11.8 Å². The molecule has 1 saturated carbocycles. The van der Waals surface area contributed by atoms with Gasteiger partial charge in [0.05, 0.1) is 13.0 Å². The zero-order valence-electron chi connectivity index (χ0n) is 16.1. The number of rotatable bonds is 4. The van der Waals surface area contributed by atoms with Crippen molar-refractivity contribution in [1.82, 2.24) is 0 Å². The lowest BCUT2D eigenvalue weighted by Gasteiger charge is -2.52. The average molecular weight is 368 g/mol. The van der Waals surface area contributed by atoms with E-state index in [2.05, 4.69) is 73.9 Å². The second-order valence-electron chi connectivity index (χ2n) is 7.86. The van der Waals surface area contributed by atoms with Gasteiger partial charge in [0.1, 0.15) is 5.54 Å². The third-order valence-electron chi connectivity index (χ3n) is 6.35. The lowest BCUT2D eigenvalue weighted by Crippen LogP contribution is -3.16. The number of hydrogen-bond acceptors (Lipinski definition) is 1. The Hall–Kier alpha value is -1.25. The molecule has 3 aliphatic rings. The first-order chi connectivity index (χ1) is 12.8. The van der Waals surface area contributed by atoms with Gasteiger partial charge in [-0.15, -0.1) is 0 Å². The smallest absolute Gasteiger partial charge is 0.116 e. The molecular formula is C24H33NS. The SMILES string of the molecule is C[NH+]([S-])C(C1=CC=CC=CC1)(C1C=CC=CC=C1)C1CCCCCCC1. The summed E-state index contributed by atoms with van der Waals surface area (Å²) in [6.45, 7) is 0. The molecule has 1 fully saturated rings. The molecule has 2 atom stereocenters. The van der Waals surface area contributed by atoms with E-state index in [0.717, 1.165) is 6.42 Å². The molecule has 2 heteroatoms. The average Bonchev–Trinajstić information content (AvgIpc) is 3.02. The van der Waals surface area contributed by atoms with Crippen molar-refractivity contribution in [1.29, 1.82) is 0 Å². The monoisotopic (exact) mass is 367 g/mol. The Bertz CT molecular complexity index is 611. The van der Waals surface area contributed by atoms with Crippen LogP contribution in [0.15, 0.2) is 72.4 Å². The van der Waals surface area contributed by atoms with E-state index in [9.17, 15) is 0 Å². The van der Waals surface area contributed by atoms with Gasteiger partial charge < -0.3 is 17.1 Å². The maximum Gasteiger partial charge on any atom is 0.116 e. The molecule has 0 bridgehead atoms. The maximum atomic E-state index is 6.06. The Morgan fingerprint density at radius 3 is 2.12 bits per heavy atom. The second-order valence-corrected chi connectivity index (χ2v) is 8.47. The van der Waals surface area contributed by atoms with Crippen molar-refractivity contribution in [2.24, 2.45) is 11.8 Å². The van der Waals surface area contributed by atoms with Crippen LogP contribution < -0.4 is 4.31 Å². The van der Waals surface area contributed by atoms with Crippen LogP contribution >= 0.6 is 0 Å². The molecule has 0 aromatic heterocycles. The summed E-state index contributed by atoms with van der Waals surface area (Å²) in [5, 5.41) is 0. The van der Waals surface area contributed by atoms with Gasteiger partial charge in [-0.05, 0) is 24.8 Å². The molecule has 1 nitrogen and oxygen atoms in total. The molecule has 0 spiro atoms. The van der Waals surface area contributed by atoms with Gasteiger partial charge in [-0.25, -0.2) is 0 Å². The van der Waals surface area contributed by atoms with Gasteiger partial charge >= 0.3 is 0 Å². The van der Waals surface area contributed by atoms with Gasteiger partial charge in [0.15, 0.2) is 0 Å². The van der Waals surface area contributed by atoms with E-state index in [1.165, 1.54) is 54.8 Å². The number of allylic oxidation sites excluding steroid dienone is 9. The highest BCUT2D eigenvalue weighted by molar-refractivity contribution is 7.51. The Balaban J connectivity index is 2.09. The third-order valence-corrected chi connectivity index (χ3v) is 6.69. The minimum Gasteiger partial charge on any atom is -0.495 e. The van der Waals surface area contributed by atoms with Crippen LogP contribution in [0.1, 0.15) is 51.4 Å². The number of quaternary nitrogens is 1. The van der Waals surface area contributed by atoms with Crippen molar-refractivity contribution in [2.75, 3.05) is 7.05 Å². The van der Waals surface area contributed by atoms with Crippen molar-refractivity contribution in [3.8, 4) is 0 Å². The first kappa shape index (κ1) is 19.5. The second kappa shape index (κ2) is 9.62. The van der Waals surface area contributed by atoms with Crippen LogP contribution in [-0.2, 0) is 12.8 Å². The molecule has 0 aromatic carbocycles. The standard InChI is InChI=1S/C24H33NS/c1-25(26)24(22-17-11-5-6-12-18-22,23-19-13-7-8-14-20-23)21-15-9-3-2-4-10-16-21/h5-8,11-14,17-19,21-22,25H,2-4,9-10,15-16,20H2,1H3. The first-order valence-corrected chi connectivity index (χ1v) is 10.7. The van der Waals surface area contributed by atoms with Crippen LogP contribution in [0.5, 0.6) is 0 Å². The zero-order chi connectivity index (χ0) is 18.2. The van der Waals surface area contributed by atoms with E-state index in [1.54, 1.807) is 0 Å². The van der Waals surface area contributed by atoms with Crippen molar-refractivity contribution < 1.29 is 4.31 Å². The van der Waals surface area contributed by atoms with Crippen molar-refractivity contribution in [2.45, 2.75) is 56.9 Å². The summed E-state index contributed by atoms with van der Waals surface area (Å²) in [6, 6.07) is 0. The molecule has 1 N–H and O–H groups in total. The van der Waals surface area contributed by atoms with Gasteiger partial charge in [-0.1, -0.05) is 98.9 Å². The van der Waals surface area contributed by atoms with Crippen LogP contribution in [0.2, 0.25) is 0 Å². The lowest BCUT2D eigenvalue weighted by atomic mass is 9.64. The topological polar surface area (TPSA) is 4.44 Å². The van der Waals surface area contributed by atoms with Crippen LogP contribution in [0.4, 0.5) is 0 Å². The van der Waals surface area contributed by atoms with E-state index in [4.69, 9.17) is 12.8 Å². The quantitative estimate of drug-likeness (QED) is 0.699. The van der Waals surface area contributed by atoms with E-state index in [-0.39, 0.29) is 5.54 Å². The minimum absolute atomic E-state index is 0.0509. The predicted octanol–water partition coefficient (Wildman–Crippen LogP) is 4.80. The molecule has 0 heterocycles. The molecule has 0 radical (unpaired) electrons. The Morgan fingerprint density at radius 2 is 1.46 bits per heavy atom. The summed E-state index contributed by atoms with van der Waals surface area (Å²) in [5.41, 5.74) is 1.45. The maximum absolute atomic E-state index is 6.06. The predicted molar refractivity (Wildman–Crippen MR) is 115 cm³/mol. The molecule has 140 valence electrons. The number of hydrogen-bond donors (Lipinski definition) is 1. The molecule has 0 saturated heterocycles. The normalized spacial score (nSPS) is 25.7. The summed E-state index contributed by atoms with van der Waals surface area (Å²) < 4.78 is 1.17. The summed E-state index contributed by atoms with van der Waals surface area (Å²) in [7, 11) is 2.20. The number of nitrogens with one attached hydrogen (secondary N) is 1. The summed E-state index contributed by atoms with van der Waals surface area (Å²) in [6.07, 6.45) is 35.1. The van der Waals surface area contributed by atoms with Gasteiger partial charge in [-0.2, -0.15) is 0 Å². The molecular weight excluding hydrogens is 334 g/mol. The van der Waals surface area contributed by atoms with E-state index in [0.29, 0.717) is 11.8 Å². The summed E-state index contributed by atoms with van der Waals surface area (Å²) >= 11 is 6.06. The van der Waals surface area contributed by atoms with E-state index in [1.807, 2.05) is 0 Å². The van der Waals surface area contributed by atoms with Gasteiger partial charge in [0, 0.05) is 5.92 Å². The largest absolute Gasteiger partial charge is 0.495 e. The molecule has 3 aliphatic carbocycles. The number of likely N-dealkylation sites (N-methyl/N-ethyl adjacent to an activating group) is 1. The molecule has 2 unspecified atom stereocenters. The fraction of sp³-hybridized carbons (Fsp3) is 0.500. The molecule has 0 aromatic rings. The highest BCUT2D eigenvalue weighted by Gasteiger charge is 2.49. The first-order valence-electron chi connectivity index (χ1n) is 10.3. The van der Waals surface area contributed by atoms with Crippen LogP contribution in [-0.4, -0.2) is 12.6 Å². The van der Waals surface area contributed by atoms with Gasteiger partial charge in [0.25, 0.3) is 0 Å². The van der Waals surface area contributed by atoms with Crippen molar-refractivity contribution >= 4 is 12.8 Å². The molecule has 26 heavy (non-hydrogen) atoms. The minimum atomic E-state index is -0.0509. The van der Waals surface area contributed by atoms with Crippen molar-refractivity contribution in [3.63, 3.8) is 0 Å². The highest BCUT2D eigenvalue weighted by atomic mass is 32.1. The van der Waals surface area contributed by atoms with E-state index < -0.39 is 0 Å². The van der Waals surface area contributed by atoms with Crippen LogP contribution in [0.25, 0.3) is 0 Å². The summed E-state index contributed by atoms with van der Waals surface area (Å²) in [5.74, 6) is 0.967. The van der Waals surface area contributed by atoms with Gasteiger partial charge in [-0.3, -0.25) is 0 Å². The molecule has 3 rings (SSSR count). The van der Waals surface area contributed by atoms with Crippen LogP contribution in [0.3, 0.4) is 0 Å². The van der Waals surface area contributed by atoms with Crippen molar-refractivity contribution in [3.05, 3.63) is 72.4 Å². The molecule has 0 aliphatic heterocycles. The highest BCUT2D eigenvalue weighted by Crippen LogP contribution is 2.42. The third kappa shape index (κ3) is 4.18. The molecule has 0 amide bonds. The summed E-state index contributed by atoms with van der Waals surface area (Å²) in [4.78, 5) is 0. The lowest BCUT2D eigenvalue weighted by molar-refractivity contribution is -0.800. The van der Waals surface area contributed by atoms with E-state index >= 15 is 0 Å². The Labute approximate surface area is 165 Å². The fourth-order valence-electron chi connectivity index (χ4n) is 5.16. The zero-order valence-corrected chi connectivity index (χ0v) is 16.9. The Kier molecular flexibility index (Phi) is 7.22. The Morgan fingerprint density at radius 1 is 0.846 bits per heavy atom. The van der Waals surface area contributed by atoms with Gasteiger partial charge in [0.2, 0.25) is 0 Å².